The number of ether oxygens (including phenoxy) is 2. The van der Waals surface area contributed by atoms with E-state index < -0.39 is 0 Å². The highest BCUT2D eigenvalue weighted by molar-refractivity contribution is 5.94. The summed E-state index contributed by atoms with van der Waals surface area (Å²) in [5, 5.41) is 0. The van der Waals surface area contributed by atoms with Gasteiger partial charge in [0.2, 0.25) is 0 Å². The number of benzene rings is 1. The highest BCUT2D eigenvalue weighted by Crippen LogP contribution is 2.26. The number of fused-ring (bicyclic) bond motifs is 1. The van der Waals surface area contributed by atoms with Crippen molar-refractivity contribution >= 4 is 5.91 Å². The fourth-order valence-electron chi connectivity index (χ4n) is 2.68. The van der Waals surface area contributed by atoms with E-state index in [4.69, 9.17) is 15.2 Å². The summed E-state index contributed by atoms with van der Waals surface area (Å²) in [6.07, 6.45) is 0.799. The average Bonchev–Trinajstić information content (AvgIpc) is 2.94. The third kappa shape index (κ3) is 2.51. The van der Waals surface area contributed by atoms with Gasteiger partial charge >= 0.3 is 0 Å². The molecule has 2 heterocycles. The molecule has 2 N–H and O–H groups in total. The normalized spacial score (nSPS) is 23.1. The lowest BCUT2D eigenvalue weighted by Gasteiger charge is -2.34. The zero-order chi connectivity index (χ0) is 14.1. The molecule has 5 heteroatoms. The second-order valence-electron chi connectivity index (χ2n) is 5.44. The van der Waals surface area contributed by atoms with Gasteiger partial charge in [0.15, 0.2) is 0 Å². The van der Waals surface area contributed by atoms with Gasteiger partial charge in [-0.2, -0.15) is 0 Å². The maximum absolute atomic E-state index is 12.6. The Labute approximate surface area is 118 Å². The molecule has 2 unspecified atom stereocenters. The molecule has 5 nitrogen and oxygen atoms in total. The summed E-state index contributed by atoms with van der Waals surface area (Å²) >= 11 is 0. The molecule has 1 amide bonds. The lowest BCUT2D eigenvalue weighted by atomic mass is 10.1. The van der Waals surface area contributed by atoms with Crippen molar-refractivity contribution in [1.82, 2.24) is 4.90 Å². The number of amides is 1. The second kappa shape index (κ2) is 5.42. The number of morpholine rings is 1. The Balaban J connectivity index is 1.75. The molecule has 0 aromatic heterocycles. The maximum Gasteiger partial charge on any atom is 0.254 e. The van der Waals surface area contributed by atoms with Crippen molar-refractivity contribution in [2.75, 3.05) is 26.3 Å². The summed E-state index contributed by atoms with van der Waals surface area (Å²) in [6.45, 7) is 4.34. The number of hydrogen-bond acceptors (Lipinski definition) is 4. The Kier molecular flexibility index (Phi) is 3.63. The lowest BCUT2D eigenvalue weighted by Crippen LogP contribution is -2.51. The molecule has 1 fully saturated rings. The van der Waals surface area contributed by atoms with Gasteiger partial charge in [-0.25, -0.2) is 0 Å². The fourth-order valence-corrected chi connectivity index (χ4v) is 2.68. The van der Waals surface area contributed by atoms with E-state index in [0.29, 0.717) is 26.3 Å². The highest BCUT2D eigenvalue weighted by Gasteiger charge is 2.27. The van der Waals surface area contributed by atoms with E-state index in [0.717, 1.165) is 23.3 Å². The Morgan fingerprint density at radius 3 is 3.10 bits per heavy atom. The number of nitrogens with two attached hydrogens (primary N) is 1. The van der Waals surface area contributed by atoms with Crippen molar-refractivity contribution < 1.29 is 14.3 Å². The van der Waals surface area contributed by atoms with Crippen LogP contribution in [0, 0.1) is 0 Å². The molecule has 1 aromatic carbocycles. The van der Waals surface area contributed by atoms with Gasteiger partial charge in [-0.05, 0) is 30.7 Å². The smallest absolute Gasteiger partial charge is 0.254 e. The first kappa shape index (κ1) is 13.4. The van der Waals surface area contributed by atoms with Crippen LogP contribution in [-0.4, -0.2) is 49.3 Å². The first-order chi connectivity index (χ1) is 9.65. The minimum Gasteiger partial charge on any atom is -0.493 e. The van der Waals surface area contributed by atoms with Crippen LogP contribution >= 0.6 is 0 Å². The van der Waals surface area contributed by atoms with Crippen LogP contribution in [0.5, 0.6) is 5.75 Å². The lowest BCUT2D eigenvalue weighted by molar-refractivity contribution is -0.0300. The molecular weight excluding hydrogens is 256 g/mol. The quantitative estimate of drug-likeness (QED) is 0.868. The van der Waals surface area contributed by atoms with Gasteiger partial charge in [-0.15, -0.1) is 0 Å². The van der Waals surface area contributed by atoms with Crippen LogP contribution < -0.4 is 10.5 Å². The number of rotatable bonds is 2. The molecule has 20 heavy (non-hydrogen) atoms. The van der Waals surface area contributed by atoms with Crippen molar-refractivity contribution in [2.45, 2.75) is 25.5 Å². The fraction of sp³-hybridized carbons (Fsp3) is 0.533. The zero-order valence-electron chi connectivity index (χ0n) is 11.7. The molecule has 0 aliphatic carbocycles. The Morgan fingerprint density at radius 1 is 1.45 bits per heavy atom. The van der Waals surface area contributed by atoms with Gasteiger partial charge in [0.1, 0.15) is 5.75 Å². The predicted octanol–water partition coefficient (Wildman–Crippen LogP) is 0.810. The number of hydrogen-bond donors (Lipinski definition) is 1. The minimum atomic E-state index is -0.0783. The summed E-state index contributed by atoms with van der Waals surface area (Å²) in [4.78, 5) is 14.4. The first-order valence-corrected chi connectivity index (χ1v) is 7.07. The van der Waals surface area contributed by atoms with Gasteiger partial charge in [0, 0.05) is 31.1 Å². The van der Waals surface area contributed by atoms with Crippen molar-refractivity contribution in [3.8, 4) is 5.75 Å². The SMILES string of the molecule is CC(N)C1CN(C(=O)c2ccc3c(c2)CCO3)CCO1. The van der Waals surface area contributed by atoms with Crippen LogP contribution in [0.4, 0.5) is 0 Å². The van der Waals surface area contributed by atoms with Crippen LogP contribution in [0.2, 0.25) is 0 Å². The van der Waals surface area contributed by atoms with Gasteiger partial charge in [0.25, 0.3) is 5.91 Å². The van der Waals surface area contributed by atoms with Gasteiger partial charge < -0.3 is 20.1 Å². The molecule has 2 atom stereocenters. The third-order valence-corrected chi connectivity index (χ3v) is 3.90. The topological polar surface area (TPSA) is 64.8 Å². The van der Waals surface area contributed by atoms with E-state index in [-0.39, 0.29) is 18.1 Å². The van der Waals surface area contributed by atoms with Crippen molar-refractivity contribution in [2.24, 2.45) is 5.73 Å². The molecule has 0 radical (unpaired) electrons. The molecule has 2 aliphatic heterocycles. The molecule has 108 valence electrons. The number of carbonyl (C=O) groups excluding carboxylic acids is 1. The first-order valence-electron chi connectivity index (χ1n) is 7.07. The zero-order valence-corrected chi connectivity index (χ0v) is 11.7. The van der Waals surface area contributed by atoms with E-state index in [2.05, 4.69) is 0 Å². The summed E-state index contributed by atoms with van der Waals surface area (Å²) in [7, 11) is 0. The second-order valence-corrected chi connectivity index (χ2v) is 5.44. The van der Waals surface area contributed by atoms with Gasteiger partial charge in [-0.1, -0.05) is 0 Å². The third-order valence-electron chi connectivity index (χ3n) is 3.90. The van der Waals surface area contributed by atoms with Crippen molar-refractivity contribution in [3.63, 3.8) is 0 Å². The molecule has 0 spiro atoms. The van der Waals surface area contributed by atoms with Crippen LogP contribution in [-0.2, 0) is 11.2 Å². The van der Waals surface area contributed by atoms with E-state index in [9.17, 15) is 4.79 Å². The van der Waals surface area contributed by atoms with E-state index in [1.807, 2.05) is 30.0 Å². The molecule has 1 aromatic rings. The molecular formula is C15H20N2O3. The van der Waals surface area contributed by atoms with Gasteiger partial charge in [0.05, 0.1) is 19.3 Å². The standard InChI is InChI=1S/C15H20N2O3/c1-10(16)14-9-17(5-7-20-14)15(18)12-2-3-13-11(8-12)4-6-19-13/h2-3,8,10,14H,4-7,9,16H2,1H3. The summed E-state index contributed by atoms with van der Waals surface area (Å²) < 4.78 is 11.1. The van der Waals surface area contributed by atoms with E-state index in [1.54, 1.807) is 0 Å². The summed E-state index contributed by atoms with van der Waals surface area (Å²) in [6, 6.07) is 5.60. The van der Waals surface area contributed by atoms with Crippen LogP contribution in [0.3, 0.4) is 0 Å². The largest absolute Gasteiger partial charge is 0.493 e. The van der Waals surface area contributed by atoms with Crippen molar-refractivity contribution in [1.29, 1.82) is 0 Å². The molecule has 3 rings (SSSR count). The number of carbonyl (C=O) groups is 1. The van der Waals surface area contributed by atoms with E-state index in [1.165, 1.54) is 0 Å². The van der Waals surface area contributed by atoms with Crippen LogP contribution in [0.15, 0.2) is 18.2 Å². The Bertz CT molecular complexity index is 516. The van der Waals surface area contributed by atoms with Crippen LogP contribution in [0.25, 0.3) is 0 Å². The highest BCUT2D eigenvalue weighted by atomic mass is 16.5. The van der Waals surface area contributed by atoms with E-state index >= 15 is 0 Å². The molecule has 0 bridgehead atoms. The van der Waals surface area contributed by atoms with Crippen LogP contribution in [0.1, 0.15) is 22.8 Å². The number of nitrogens with zero attached hydrogens (tertiary/aromatic N) is 1. The Hall–Kier alpha value is -1.59. The molecule has 0 saturated carbocycles. The summed E-state index contributed by atoms with van der Waals surface area (Å²) in [5.74, 6) is 0.950. The molecule has 1 saturated heterocycles. The summed E-state index contributed by atoms with van der Waals surface area (Å²) in [5.41, 5.74) is 7.70. The maximum atomic E-state index is 12.6. The monoisotopic (exact) mass is 276 g/mol. The minimum absolute atomic E-state index is 0.0497. The van der Waals surface area contributed by atoms with Gasteiger partial charge in [-0.3, -0.25) is 4.79 Å². The predicted molar refractivity (Wildman–Crippen MR) is 74.9 cm³/mol. The van der Waals surface area contributed by atoms with Crippen molar-refractivity contribution in [3.05, 3.63) is 29.3 Å². The Morgan fingerprint density at radius 2 is 2.30 bits per heavy atom. The molecule has 2 aliphatic rings. The average molecular weight is 276 g/mol.